The van der Waals surface area contributed by atoms with Crippen LogP contribution in [0.2, 0.25) is 5.02 Å². The summed E-state index contributed by atoms with van der Waals surface area (Å²) in [5.41, 5.74) is 1.90. The van der Waals surface area contributed by atoms with Crippen LogP contribution in [0.25, 0.3) is 0 Å². The van der Waals surface area contributed by atoms with Crippen LogP contribution in [-0.2, 0) is 6.42 Å². The van der Waals surface area contributed by atoms with Crippen LogP contribution in [-0.4, -0.2) is 4.98 Å². The summed E-state index contributed by atoms with van der Waals surface area (Å²) in [4.78, 5) is 4.28. The molecule has 2 nitrogen and oxygen atoms in total. The second-order valence-corrected chi connectivity index (χ2v) is 3.73. The zero-order valence-corrected chi connectivity index (χ0v) is 7.88. The summed E-state index contributed by atoms with van der Waals surface area (Å²) < 4.78 is 0. The minimum atomic E-state index is 0.387. The molecule has 0 amide bonds. The molecule has 1 saturated carbocycles. The van der Waals surface area contributed by atoms with Crippen LogP contribution in [0, 0.1) is 11.3 Å². The zero-order chi connectivity index (χ0) is 9.26. The van der Waals surface area contributed by atoms with E-state index >= 15 is 0 Å². The molecule has 0 radical (unpaired) electrons. The van der Waals surface area contributed by atoms with E-state index in [1.807, 2.05) is 6.07 Å². The molecule has 13 heavy (non-hydrogen) atoms. The molecular weight excluding hydrogens is 184 g/mol. The van der Waals surface area contributed by atoms with E-state index in [4.69, 9.17) is 16.9 Å². The Morgan fingerprint density at radius 3 is 2.92 bits per heavy atom. The molecule has 0 saturated heterocycles. The quantitative estimate of drug-likeness (QED) is 0.723. The number of nitriles is 1. The van der Waals surface area contributed by atoms with Gasteiger partial charge in [0.05, 0.1) is 23.2 Å². The molecule has 2 rings (SSSR count). The molecule has 0 aliphatic heterocycles. The van der Waals surface area contributed by atoms with E-state index in [0.29, 0.717) is 12.3 Å². The molecule has 0 unspecified atom stereocenters. The first kappa shape index (κ1) is 8.52. The Kier molecular flexibility index (Phi) is 2.20. The first-order chi connectivity index (χ1) is 6.31. The van der Waals surface area contributed by atoms with Gasteiger partial charge in [-0.2, -0.15) is 5.26 Å². The SMILES string of the molecule is N#CCc1cnc(C2CC2)c(Cl)c1. The highest BCUT2D eigenvalue weighted by molar-refractivity contribution is 6.31. The molecule has 0 spiro atoms. The molecule has 3 heteroatoms. The van der Waals surface area contributed by atoms with E-state index in [-0.39, 0.29) is 0 Å². The Morgan fingerprint density at radius 1 is 1.62 bits per heavy atom. The van der Waals surface area contributed by atoms with Crippen molar-refractivity contribution in [1.29, 1.82) is 5.26 Å². The molecule has 0 bridgehead atoms. The van der Waals surface area contributed by atoms with Gasteiger partial charge in [0.1, 0.15) is 0 Å². The number of aromatic nitrogens is 1. The first-order valence-corrected chi connectivity index (χ1v) is 4.70. The number of halogens is 1. The summed E-state index contributed by atoms with van der Waals surface area (Å²) in [6.07, 6.45) is 4.54. The van der Waals surface area contributed by atoms with Crippen LogP contribution < -0.4 is 0 Å². The van der Waals surface area contributed by atoms with Crippen molar-refractivity contribution in [3.8, 4) is 6.07 Å². The Morgan fingerprint density at radius 2 is 2.38 bits per heavy atom. The minimum Gasteiger partial charge on any atom is -0.259 e. The maximum absolute atomic E-state index is 8.48. The fourth-order valence-corrected chi connectivity index (χ4v) is 1.68. The van der Waals surface area contributed by atoms with Gasteiger partial charge in [0.15, 0.2) is 0 Å². The maximum atomic E-state index is 8.48. The lowest BCUT2D eigenvalue weighted by Gasteiger charge is -2.01. The number of pyridine rings is 1. The smallest absolute Gasteiger partial charge is 0.0670 e. The van der Waals surface area contributed by atoms with Gasteiger partial charge < -0.3 is 0 Å². The van der Waals surface area contributed by atoms with Crippen molar-refractivity contribution in [3.05, 3.63) is 28.5 Å². The predicted molar refractivity (Wildman–Crippen MR) is 50.5 cm³/mol. The lowest BCUT2D eigenvalue weighted by molar-refractivity contribution is 1.01. The van der Waals surface area contributed by atoms with Crippen LogP contribution in [0.1, 0.15) is 30.0 Å². The Bertz CT molecular complexity index is 364. The highest BCUT2D eigenvalue weighted by atomic mass is 35.5. The molecule has 0 aromatic carbocycles. The van der Waals surface area contributed by atoms with Gasteiger partial charge in [0.2, 0.25) is 0 Å². The molecule has 1 aromatic rings. The second-order valence-electron chi connectivity index (χ2n) is 3.32. The summed E-state index contributed by atoms with van der Waals surface area (Å²) in [6, 6.07) is 3.93. The van der Waals surface area contributed by atoms with Crippen molar-refractivity contribution >= 4 is 11.6 Å². The van der Waals surface area contributed by atoms with Crippen molar-refractivity contribution in [2.24, 2.45) is 0 Å². The van der Waals surface area contributed by atoms with Gasteiger partial charge in [-0.05, 0) is 24.5 Å². The molecule has 0 atom stereocenters. The molecule has 1 fully saturated rings. The number of rotatable bonds is 2. The third-order valence-corrected chi connectivity index (χ3v) is 2.48. The molecule has 1 aliphatic rings. The zero-order valence-electron chi connectivity index (χ0n) is 7.13. The van der Waals surface area contributed by atoms with Crippen LogP contribution in [0.5, 0.6) is 0 Å². The summed E-state index contributed by atoms with van der Waals surface area (Å²) in [5, 5.41) is 9.20. The fraction of sp³-hybridized carbons (Fsp3) is 0.400. The van der Waals surface area contributed by atoms with E-state index in [2.05, 4.69) is 11.1 Å². The van der Waals surface area contributed by atoms with E-state index < -0.39 is 0 Å². The topological polar surface area (TPSA) is 36.7 Å². The van der Waals surface area contributed by atoms with E-state index in [1.165, 1.54) is 12.8 Å². The van der Waals surface area contributed by atoms with Gasteiger partial charge in [0, 0.05) is 12.1 Å². The van der Waals surface area contributed by atoms with Crippen LogP contribution in [0.4, 0.5) is 0 Å². The fourth-order valence-electron chi connectivity index (χ4n) is 1.33. The van der Waals surface area contributed by atoms with Crippen molar-refractivity contribution in [2.45, 2.75) is 25.2 Å². The highest BCUT2D eigenvalue weighted by Gasteiger charge is 2.27. The molecule has 1 aromatic heterocycles. The molecular formula is C10H9ClN2. The van der Waals surface area contributed by atoms with Crippen molar-refractivity contribution in [2.75, 3.05) is 0 Å². The standard InChI is InChI=1S/C10H9ClN2/c11-9-5-7(3-4-12)6-13-10(9)8-1-2-8/h5-6,8H,1-3H2. The minimum absolute atomic E-state index is 0.387. The third kappa shape index (κ3) is 1.81. The number of hydrogen-bond acceptors (Lipinski definition) is 2. The molecule has 1 aliphatic carbocycles. The van der Waals surface area contributed by atoms with E-state index in [1.54, 1.807) is 6.20 Å². The van der Waals surface area contributed by atoms with Crippen LogP contribution >= 0.6 is 11.6 Å². The van der Waals surface area contributed by atoms with Gasteiger partial charge in [-0.3, -0.25) is 4.98 Å². The van der Waals surface area contributed by atoms with Crippen LogP contribution in [0.3, 0.4) is 0 Å². The second kappa shape index (κ2) is 3.35. The summed E-state index contributed by atoms with van der Waals surface area (Å²) >= 11 is 6.03. The van der Waals surface area contributed by atoms with Crippen molar-refractivity contribution < 1.29 is 0 Å². The maximum Gasteiger partial charge on any atom is 0.0670 e. The highest BCUT2D eigenvalue weighted by Crippen LogP contribution is 2.41. The summed E-state index contributed by atoms with van der Waals surface area (Å²) in [6.45, 7) is 0. The average molecular weight is 193 g/mol. The van der Waals surface area contributed by atoms with Crippen molar-refractivity contribution in [1.82, 2.24) is 4.98 Å². The van der Waals surface area contributed by atoms with Crippen LogP contribution in [0.15, 0.2) is 12.3 Å². The van der Waals surface area contributed by atoms with E-state index in [9.17, 15) is 0 Å². The van der Waals surface area contributed by atoms with Crippen molar-refractivity contribution in [3.63, 3.8) is 0 Å². The Balaban J connectivity index is 2.27. The molecule has 66 valence electrons. The van der Waals surface area contributed by atoms with Gasteiger partial charge >= 0.3 is 0 Å². The van der Waals surface area contributed by atoms with Gasteiger partial charge in [-0.1, -0.05) is 11.6 Å². The third-order valence-electron chi connectivity index (χ3n) is 2.17. The lowest BCUT2D eigenvalue weighted by atomic mass is 10.2. The molecule has 1 heterocycles. The van der Waals surface area contributed by atoms with Gasteiger partial charge in [0.25, 0.3) is 0 Å². The first-order valence-electron chi connectivity index (χ1n) is 4.32. The molecule has 0 N–H and O–H groups in total. The van der Waals surface area contributed by atoms with Gasteiger partial charge in [-0.25, -0.2) is 0 Å². The lowest BCUT2D eigenvalue weighted by Crippen LogP contribution is -1.91. The normalized spacial score (nSPS) is 15.4. The van der Waals surface area contributed by atoms with Gasteiger partial charge in [-0.15, -0.1) is 0 Å². The summed E-state index contributed by atoms with van der Waals surface area (Å²) in [7, 11) is 0. The number of nitrogens with zero attached hydrogens (tertiary/aromatic N) is 2. The average Bonchev–Trinajstić information content (AvgIpc) is 2.88. The Hall–Kier alpha value is -1.07. The monoisotopic (exact) mass is 192 g/mol. The predicted octanol–water partition coefficient (Wildman–Crippen LogP) is 2.68. The summed E-state index contributed by atoms with van der Waals surface area (Å²) in [5.74, 6) is 0.573. The largest absolute Gasteiger partial charge is 0.259 e. The number of hydrogen-bond donors (Lipinski definition) is 0. The Labute approximate surface area is 82.2 Å². The van der Waals surface area contributed by atoms with E-state index in [0.717, 1.165) is 16.3 Å².